The molecule has 0 fully saturated rings. The van der Waals surface area contributed by atoms with E-state index in [1.54, 1.807) is 7.11 Å². The summed E-state index contributed by atoms with van der Waals surface area (Å²) in [5.41, 5.74) is 3.52. The van der Waals surface area contributed by atoms with Crippen molar-refractivity contribution in [1.82, 2.24) is 9.97 Å². The summed E-state index contributed by atoms with van der Waals surface area (Å²) in [4.78, 5) is 21.0. The molecule has 6 nitrogen and oxygen atoms in total. The highest BCUT2D eigenvalue weighted by atomic mass is 16.5. The summed E-state index contributed by atoms with van der Waals surface area (Å²) >= 11 is 0. The first-order chi connectivity index (χ1) is 14.1. The third-order valence-corrected chi connectivity index (χ3v) is 4.60. The minimum Gasteiger partial charge on any atom is -0.497 e. The van der Waals surface area contributed by atoms with E-state index in [0.29, 0.717) is 24.0 Å². The van der Waals surface area contributed by atoms with E-state index in [1.807, 2.05) is 48.5 Å². The van der Waals surface area contributed by atoms with Gasteiger partial charge in [0.1, 0.15) is 5.75 Å². The van der Waals surface area contributed by atoms with E-state index in [1.165, 1.54) is 18.0 Å². The molecule has 0 bridgehead atoms. The lowest BCUT2D eigenvalue weighted by Gasteiger charge is -2.13. The molecule has 0 saturated carbocycles. The van der Waals surface area contributed by atoms with Crippen LogP contribution in [0.2, 0.25) is 0 Å². The van der Waals surface area contributed by atoms with Crippen molar-refractivity contribution in [2.24, 2.45) is 0 Å². The Kier molecular flexibility index (Phi) is 6.79. The van der Waals surface area contributed by atoms with Crippen LogP contribution in [0.1, 0.15) is 41.3 Å². The van der Waals surface area contributed by atoms with E-state index in [4.69, 9.17) is 4.74 Å². The number of anilines is 2. The van der Waals surface area contributed by atoms with Gasteiger partial charge < -0.3 is 15.4 Å². The lowest BCUT2D eigenvalue weighted by atomic mass is 10.0. The van der Waals surface area contributed by atoms with Crippen molar-refractivity contribution >= 4 is 17.5 Å². The van der Waals surface area contributed by atoms with Crippen LogP contribution in [0.3, 0.4) is 0 Å². The van der Waals surface area contributed by atoms with Gasteiger partial charge in [0.2, 0.25) is 5.95 Å². The summed E-state index contributed by atoms with van der Waals surface area (Å²) in [6.45, 7) is 4.89. The first kappa shape index (κ1) is 20.3. The second-order valence-electron chi connectivity index (χ2n) is 7.02. The molecule has 0 atom stereocenters. The van der Waals surface area contributed by atoms with Gasteiger partial charge >= 0.3 is 0 Å². The van der Waals surface area contributed by atoms with Crippen LogP contribution in [-0.2, 0) is 6.42 Å². The fourth-order valence-electron chi connectivity index (χ4n) is 2.96. The molecular weight excluding hydrogens is 364 g/mol. The van der Waals surface area contributed by atoms with Gasteiger partial charge in [-0.05, 0) is 41.7 Å². The van der Waals surface area contributed by atoms with Gasteiger partial charge in [-0.1, -0.05) is 44.2 Å². The average Bonchev–Trinajstić information content (AvgIpc) is 2.75. The van der Waals surface area contributed by atoms with Crippen molar-refractivity contribution < 1.29 is 9.53 Å². The Morgan fingerprint density at radius 1 is 1.03 bits per heavy atom. The summed E-state index contributed by atoms with van der Waals surface area (Å²) in [5.74, 6) is 1.44. The van der Waals surface area contributed by atoms with E-state index in [-0.39, 0.29) is 5.91 Å². The molecule has 2 N–H and O–H groups in total. The normalized spacial score (nSPS) is 10.6. The Hall–Kier alpha value is -3.41. The van der Waals surface area contributed by atoms with Crippen LogP contribution in [0.25, 0.3) is 0 Å². The number of para-hydroxylation sites is 1. The predicted octanol–water partition coefficient (Wildman–Crippen LogP) is 4.52. The largest absolute Gasteiger partial charge is 0.497 e. The third-order valence-electron chi connectivity index (χ3n) is 4.60. The van der Waals surface area contributed by atoms with Gasteiger partial charge in [-0.2, -0.15) is 0 Å². The molecule has 0 aliphatic rings. The first-order valence-electron chi connectivity index (χ1n) is 9.66. The molecule has 0 aliphatic heterocycles. The Bertz CT molecular complexity index is 938. The smallest absolute Gasteiger partial charge is 0.258 e. The van der Waals surface area contributed by atoms with Gasteiger partial charge in [-0.3, -0.25) is 4.79 Å². The van der Waals surface area contributed by atoms with Crippen molar-refractivity contribution in [3.05, 3.63) is 77.6 Å². The molecule has 1 aromatic heterocycles. The van der Waals surface area contributed by atoms with Crippen LogP contribution in [0.5, 0.6) is 5.75 Å². The Labute approximate surface area is 171 Å². The van der Waals surface area contributed by atoms with E-state index in [9.17, 15) is 4.79 Å². The van der Waals surface area contributed by atoms with Gasteiger partial charge in [-0.15, -0.1) is 0 Å². The van der Waals surface area contributed by atoms with Crippen molar-refractivity contribution in [1.29, 1.82) is 0 Å². The van der Waals surface area contributed by atoms with Gasteiger partial charge in [0.15, 0.2) is 0 Å². The number of rotatable bonds is 8. The number of hydrogen-bond acceptors (Lipinski definition) is 5. The zero-order valence-electron chi connectivity index (χ0n) is 17.0. The molecule has 2 aromatic carbocycles. The molecule has 3 aromatic rings. The van der Waals surface area contributed by atoms with E-state index in [2.05, 4.69) is 34.4 Å². The van der Waals surface area contributed by atoms with Crippen molar-refractivity contribution in [2.45, 2.75) is 26.2 Å². The molecule has 1 amide bonds. The Balaban J connectivity index is 1.54. The van der Waals surface area contributed by atoms with Gasteiger partial charge in [0, 0.05) is 24.6 Å². The molecule has 6 heteroatoms. The minimum absolute atomic E-state index is 0.220. The molecule has 29 heavy (non-hydrogen) atoms. The summed E-state index contributed by atoms with van der Waals surface area (Å²) in [6, 6.07) is 15.8. The Morgan fingerprint density at radius 3 is 2.38 bits per heavy atom. The van der Waals surface area contributed by atoms with E-state index < -0.39 is 0 Å². The molecule has 3 rings (SSSR count). The maximum atomic E-state index is 12.5. The van der Waals surface area contributed by atoms with Crippen LogP contribution in [0, 0.1) is 0 Å². The highest BCUT2D eigenvalue weighted by Gasteiger charge is 2.11. The number of aromatic nitrogens is 2. The monoisotopic (exact) mass is 390 g/mol. The maximum Gasteiger partial charge on any atom is 0.258 e. The topological polar surface area (TPSA) is 76.1 Å². The highest BCUT2D eigenvalue weighted by molar-refractivity contribution is 6.04. The summed E-state index contributed by atoms with van der Waals surface area (Å²) in [5, 5.41) is 6.13. The third kappa shape index (κ3) is 5.54. The number of amides is 1. The molecular formula is C23H26N4O2. The summed E-state index contributed by atoms with van der Waals surface area (Å²) in [6.07, 6.45) is 3.91. The zero-order valence-corrected chi connectivity index (χ0v) is 17.0. The predicted molar refractivity (Wildman–Crippen MR) is 116 cm³/mol. The molecule has 1 heterocycles. The molecule has 0 aliphatic carbocycles. The number of carbonyl (C=O) groups excluding carboxylic acids is 1. The quantitative estimate of drug-likeness (QED) is 0.592. The summed E-state index contributed by atoms with van der Waals surface area (Å²) < 4.78 is 5.16. The fourth-order valence-corrected chi connectivity index (χ4v) is 2.96. The Morgan fingerprint density at radius 2 is 1.72 bits per heavy atom. The SMILES string of the molecule is COc1ccc(CCNc2ncc(C(=O)Nc3ccccc3C(C)C)cn2)cc1. The summed E-state index contributed by atoms with van der Waals surface area (Å²) in [7, 11) is 1.65. The number of ether oxygens (including phenoxy) is 1. The van der Waals surface area contributed by atoms with Crippen molar-refractivity contribution in [2.75, 3.05) is 24.3 Å². The standard InChI is InChI=1S/C23H26N4O2/c1-16(2)20-6-4-5-7-21(20)27-22(28)18-14-25-23(26-15-18)24-13-12-17-8-10-19(29-3)11-9-17/h4-11,14-16H,12-13H2,1-3H3,(H,27,28)(H,24,25,26). The number of methoxy groups -OCH3 is 1. The zero-order chi connectivity index (χ0) is 20.6. The molecule has 0 spiro atoms. The molecule has 0 unspecified atom stereocenters. The van der Waals surface area contributed by atoms with Crippen LogP contribution < -0.4 is 15.4 Å². The van der Waals surface area contributed by atoms with Gasteiger partial charge in [-0.25, -0.2) is 9.97 Å². The van der Waals surface area contributed by atoms with Gasteiger partial charge in [0.25, 0.3) is 5.91 Å². The minimum atomic E-state index is -0.220. The van der Waals surface area contributed by atoms with Crippen molar-refractivity contribution in [3.63, 3.8) is 0 Å². The lowest BCUT2D eigenvalue weighted by molar-refractivity contribution is 0.102. The number of hydrogen-bond donors (Lipinski definition) is 2. The number of benzene rings is 2. The molecule has 0 saturated heterocycles. The van der Waals surface area contributed by atoms with Crippen molar-refractivity contribution in [3.8, 4) is 5.75 Å². The van der Waals surface area contributed by atoms with Crippen LogP contribution >= 0.6 is 0 Å². The van der Waals surface area contributed by atoms with Crippen LogP contribution in [-0.4, -0.2) is 29.5 Å². The van der Waals surface area contributed by atoms with Crippen LogP contribution in [0.15, 0.2) is 60.9 Å². The van der Waals surface area contributed by atoms with E-state index in [0.717, 1.165) is 23.4 Å². The average molecular weight is 390 g/mol. The fraction of sp³-hybridized carbons (Fsp3) is 0.261. The first-order valence-corrected chi connectivity index (χ1v) is 9.66. The molecule has 0 radical (unpaired) electrons. The second-order valence-corrected chi connectivity index (χ2v) is 7.02. The van der Waals surface area contributed by atoms with E-state index >= 15 is 0 Å². The second kappa shape index (κ2) is 9.68. The highest BCUT2D eigenvalue weighted by Crippen LogP contribution is 2.24. The number of carbonyl (C=O) groups is 1. The lowest BCUT2D eigenvalue weighted by Crippen LogP contribution is -2.15. The van der Waals surface area contributed by atoms with Gasteiger partial charge in [0.05, 0.1) is 12.7 Å². The molecule has 150 valence electrons. The number of nitrogens with zero attached hydrogens (tertiary/aromatic N) is 2. The van der Waals surface area contributed by atoms with Crippen LogP contribution in [0.4, 0.5) is 11.6 Å². The number of nitrogens with one attached hydrogen (secondary N) is 2. The maximum absolute atomic E-state index is 12.5.